The molecule has 0 radical (unpaired) electrons. The van der Waals surface area contributed by atoms with E-state index in [-0.39, 0.29) is 0 Å². The van der Waals surface area contributed by atoms with Gasteiger partial charge in [-0.25, -0.2) is 0 Å². The van der Waals surface area contributed by atoms with E-state index in [1.54, 1.807) is 0 Å². The zero-order valence-corrected chi connectivity index (χ0v) is 13.6. The molecule has 1 aromatic rings. The lowest BCUT2D eigenvalue weighted by Gasteiger charge is -2.16. The van der Waals surface area contributed by atoms with Gasteiger partial charge in [-0.15, -0.1) is 0 Å². The van der Waals surface area contributed by atoms with E-state index in [4.69, 9.17) is 0 Å². The number of aryl methyl sites for hydroxylation is 1. The Balaban J connectivity index is 2.14. The third-order valence-corrected chi connectivity index (χ3v) is 4.03. The molecule has 1 N–H and O–H groups in total. The van der Waals surface area contributed by atoms with Crippen molar-refractivity contribution in [2.45, 2.75) is 77.7 Å². The standard InChI is InChI=1S/C18H32N2/c1-4-5-6-7-8-9-10-11-12-18(19-3)17-14-13-16(2)20-15-17/h13-15,18-19H,4-12H2,1-3H3. The van der Waals surface area contributed by atoms with Crippen LogP contribution in [0, 0.1) is 6.92 Å². The van der Waals surface area contributed by atoms with Crippen LogP contribution < -0.4 is 5.32 Å². The lowest BCUT2D eigenvalue weighted by molar-refractivity contribution is 0.493. The van der Waals surface area contributed by atoms with Gasteiger partial charge < -0.3 is 5.32 Å². The van der Waals surface area contributed by atoms with Crippen molar-refractivity contribution in [1.82, 2.24) is 10.3 Å². The van der Waals surface area contributed by atoms with Crippen molar-refractivity contribution in [1.29, 1.82) is 0 Å². The molecule has 0 fully saturated rings. The van der Waals surface area contributed by atoms with Gasteiger partial charge in [-0.3, -0.25) is 4.98 Å². The Hall–Kier alpha value is -0.890. The van der Waals surface area contributed by atoms with Crippen molar-refractivity contribution in [3.63, 3.8) is 0 Å². The fourth-order valence-corrected chi connectivity index (χ4v) is 2.65. The largest absolute Gasteiger partial charge is 0.313 e. The van der Waals surface area contributed by atoms with Crippen molar-refractivity contribution in [2.75, 3.05) is 7.05 Å². The molecule has 0 bridgehead atoms. The minimum absolute atomic E-state index is 0.461. The molecular weight excluding hydrogens is 244 g/mol. The highest BCUT2D eigenvalue weighted by Gasteiger charge is 2.08. The number of nitrogens with one attached hydrogen (secondary N) is 1. The molecule has 0 spiro atoms. The predicted octanol–water partition coefficient (Wildman–Crippen LogP) is 5.18. The molecule has 1 aromatic heterocycles. The highest BCUT2D eigenvalue weighted by molar-refractivity contribution is 5.17. The summed E-state index contributed by atoms with van der Waals surface area (Å²) in [5, 5.41) is 3.42. The van der Waals surface area contributed by atoms with Crippen LogP contribution in [0.5, 0.6) is 0 Å². The summed E-state index contributed by atoms with van der Waals surface area (Å²) in [6.45, 7) is 4.31. The summed E-state index contributed by atoms with van der Waals surface area (Å²) < 4.78 is 0. The molecule has 0 aromatic carbocycles. The Labute approximate surface area is 125 Å². The van der Waals surface area contributed by atoms with E-state index in [1.165, 1.54) is 63.4 Å². The average Bonchev–Trinajstić information content (AvgIpc) is 2.47. The number of unbranched alkanes of at least 4 members (excludes halogenated alkanes) is 7. The highest BCUT2D eigenvalue weighted by Crippen LogP contribution is 2.19. The van der Waals surface area contributed by atoms with Crippen molar-refractivity contribution in [3.8, 4) is 0 Å². The predicted molar refractivity (Wildman–Crippen MR) is 88.0 cm³/mol. The monoisotopic (exact) mass is 276 g/mol. The van der Waals surface area contributed by atoms with E-state index >= 15 is 0 Å². The first kappa shape index (κ1) is 17.2. The minimum atomic E-state index is 0.461. The number of hydrogen-bond donors (Lipinski definition) is 1. The summed E-state index contributed by atoms with van der Waals surface area (Å²) in [7, 11) is 2.05. The number of pyridine rings is 1. The van der Waals surface area contributed by atoms with E-state index in [0.29, 0.717) is 6.04 Å². The van der Waals surface area contributed by atoms with E-state index in [0.717, 1.165) is 5.69 Å². The summed E-state index contributed by atoms with van der Waals surface area (Å²) in [5.74, 6) is 0. The van der Waals surface area contributed by atoms with Gasteiger partial charge in [0, 0.05) is 17.9 Å². The molecule has 0 saturated carbocycles. The van der Waals surface area contributed by atoms with E-state index in [9.17, 15) is 0 Å². The highest BCUT2D eigenvalue weighted by atomic mass is 14.9. The number of hydrogen-bond acceptors (Lipinski definition) is 2. The molecule has 114 valence electrons. The Bertz CT molecular complexity index is 332. The Kier molecular flexibility index (Phi) is 9.31. The third-order valence-electron chi connectivity index (χ3n) is 4.03. The molecule has 0 aliphatic rings. The first-order chi connectivity index (χ1) is 9.77. The summed E-state index contributed by atoms with van der Waals surface area (Å²) >= 11 is 0. The molecular formula is C18H32N2. The lowest BCUT2D eigenvalue weighted by Crippen LogP contribution is -2.16. The Morgan fingerprint density at radius 1 is 1.00 bits per heavy atom. The van der Waals surface area contributed by atoms with Gasteiger partial charge in [0.2, 0.25) is 0 Å². The zero-order valence-electron chi connectivity index (χ0n) is 13.6. The van der Waals surface area contributed by atoms with Crippen LogP contribution in [0.4, 0.5) is 0 Å². The molecule has 0 amide bonds. The van der Waals surface area contributed by atoms with Gasteiger partial charge in [0.1, 0.15) is 0 Å². The van der Waals surface area contributed by atoms with Gasteiger partial charge in [0.25, 0.3) is 0 Å². The van der Waals surface area contributed by atoms with Crippen LogP contribution in [-0.2, 0) is 0 Å². The maximum Gasteiger partial charge on any atom is 0.0372 e. The first-order valence-electron chi connectivity index (χ1n) is 8.37. The maximum atomic E-state index is 4.39. The molecule has 0 aliphatic carbocycles. The number of aromatic nitrogens is 1. The normalized spacial score (nSPS) is 12.6. The van der Waals surface area contributed by atoms with Crippen molar-refractivity contribution < 1.29 is 0 Å². The third kappa shape index (κ3) is 7.04. The van der Waals surface area contributed by atoms with Crippen molar-refractivity contribution in [2.24, 2.45) is 0 Å². The quantitative estimate of drug-likeness (QED) is 0.563. The van der Waals surface area contributed by atoms with Crippen LogP contribution in [0.25, 0.3) is 0 Å². The van der Waals surface area contributed by atoms with Gasteiger partial charge >= 0.3 is 0 Å². The SMILES string of the molecule is CCCCCCCCCCC(NC)c1ccc(C)nc1. The summed E-state index contributed by atoms with van der Waals surface area (Å²) in [4.78, 5) is 4.39. The zero-order chi connectivity index (χ0) is 14.6. The fourth-order valence-electron chi connectivity index (χ4n) is 2.65. The number of rotatable bonds is 11. The molecule has 20 heavy (non-hydrogen) atoms. The molecule has 2 heteroatoms. The average molecular weight is 276 g/mol. The van der Waals surface area contributed by atoms with Gasteiger partial charge in [-0.05, 0) is 32.0 Å². The second-order valence-electron chi connectivity index (χ2n) is 5.84. The Morgan fingerprint density at radius 3 is 2.20 bits per heavy atom. The van der Waals surface area contributed by atoms with Crippen LogP contribution in [0.1, 0.15) is 82.0 Å². The van der Waals surface area contributed by atoms with Crippen LogP contribution in [0.15, 0.2) is 18.3 Å². The second kappa shape index (κ2) is 10.8. The summed E-state index contributed by atoms with van der Waals surface area (Å²) in [6, 6.07) is 4.77. The van der Waals surface area contributed by atoms with E-state index in [1.807, 2.05) is 13.1 Å². The van der Waals surface area contributed by atoms with E-state index < -0.39 is 0 Å². The molecule has 1 unspecified atom stereocenters. The topological polar surface area (TPSA) is 24.9 Å². The molecule has 1 atom stereocenters. The van der Waals surface area contributed by atoms with Crippen molar-refractivity contribution >= 4 is 0 Å². The van der Waals surface area contributed by atoms with Crippen LogP contribution in [0.2, 0.25) is 0 Å². The molecule has 1 heterocycles. The molecule has 2 nitrogen and oxygen atoms in total. The first-order valence-corrected chi connectivity index (χ1v) is 8.37. The van der Waals surface area contributed by atoms with Crippen LogP contribution in [0.3, 0.4) is 0 Å². The second-order valence-corrected chi connectivity index (χ2v) is 5.84. The van der Waals surface area contributed by atoms with E-state index in [2.05, 4.69) is 36.4 Å². The van der Waals surface area contributed by atoms with Gasteiger partial charge in [-0.1, -0.05) is 64.4 Å². The summed E-state index contributed by atoms with van der Waals surface area (Å²) in [6.07, 6.45) is 14.3. The smallest absolute Gasteiger partial charge is 0.0372 e. The fraction of sp³-hybridized carbons (Fsp3) is 0.722. The summed E-state index contributed by atoms with van der Waals surface area (Å²) in [5.41, 5.74) is 2.41. The minimum Gasteiger partial charge on any atom is -0.313 e. The Morgan fingerprint density at radius 2 is 1.65 bits per heavy atom. The van der Waals surface area contributed by atoms with Crippen LogP contribution in [-0.4, -0.2) is 12.0 Å². The van der Waals surface area contributed by atoms with Gasteiger partial charge in [-0.2, -0.15) is 0 Å². The van der Waals surface area contributed by atoms with Gasteiger partial charge in [0.15, 0.2) is 0 Å². The van der Waals surface area contributed by atoms with Crippen LogP contribution >= 0.6 is 0 Å². The molecule has 1 rings (SSSR count). The van der Waals surface area contributed by atoms with Gasteiger partial charge in [0.05, 0.1) is 0 Å². The molecule has 0 saturated heterocycles. The molecule has 0 aliphatic heterocycles. The lowest BCUT2D eigenvalue weighted by atomic mass is 10.0. The maximum absolute atomic E-state index is 4.39. The number of nitrogens with zero attached hydrogens (tertiary/aromatic N) is 1. The van der Waals surface area contributed by atoms with Crippen molar-refractivity contribution in [3.05, 3.63) is 29.6 Å².